The molecule has 0 aliphatic heterocycles. The number of carbonyl (C=O) groups is 5. The molecule has 4 rings (SSSR count). The summed E-state index contributed by atoms with van der Waals surface area (Å²) in [5.41, 5.74) is 2.96. The van der Waals surface area contributed by atoms with Crippen LogP contribution < -0.4 is 15.5 Å². The number of hydrogen-bond donors (Lipinski definition) is 2. The molecule has 0 spiro atoms. The summed E-state index contributed by atoms with van der Waals surface area (Å²) in [5.74, 6) is 0.0477. The van der Waals surface area contributed by atoms with Gasteiger partial charge in [-0.1, -0.05) is 31.4 Å². The lowest BCUT2D eigenvalue weighted by Gasteiger charge is -2.27. The number of benzene rings is 1. The number of hydrogen-bond acceptors (Lipinski definition) is 9. The van der Waals surface area contributed by atoms with Crippen LogP contribution in [0.25, 0.3) is 10.2 Å². The molecule has 0 bridgehead atoms. The normalized spacial score (nSPS) is 15.6. The highest BCUT2D eigenvalue weighted by Gasteiger charge is 2.29. The minimum atomic E-state index is -0.497. The second kappa shape index (κ2) is 24.1. The molecule has 0 radical (unpaired) electrons. The third-order valence-corrected chi connectivity index (χ3v) is 11.3. The van der Waals surface area contributed by atoms with Gasteiger partial charge in [0, 0.05) is 44.1 Å². The lowest BCUT2D eigenvalue weighted by molar-refractivity contribution is -0.156. The molecular weight excluding hydrogens is 757 g/mol. The van der Waals surface area contributed by atoms with Crippen LogP contribution in [0.2, 0.25) is 0 Å². The van der Waals surface area contributed by atoms with Gasteiger partial charge in [0.15, 0.2) is 5.78 Å². The van der Waals surface area contributed by atoms with Crippen LogP contribution in [0, 0.1) is 18.8 Å². The quantitative estimate of drug-likeness (QED) is 0.0501. The molecule has 2 N–H and O–H groups in total. The second-order valence-corrected chi connectivity index (χ2v) is 17.3. The largest absolute Gasteiger partial charge is 0.460 e. The number of amides is 3. The number of likely N-dealkylation sites (N-methyl/N-ethyl adjacent to an activating group) is 1. The van der Waals surface area contributed by atoms with Gasteiger partial charge in [0.2, 0.25) is 17.7 Å². The summed E-state index contributed by atoms with van der Waals surface area (Å²) in [6.07, 6.45) is 9.04. The number of ether oxygens (including phenoxy) is 3. The van der Waals surface area contributed by atoms with E-state index in [4.69, 9.17) is 14.2 Å². The van der Waals surface area contributed by atoms with E-state index < -0.39 is 5.60 Å². The SMILES string of the molecule is CCN(C(=O)Cn1c(C(=O)CC2CCC(C(=O)NCCCCCCCC(=O)NCCOCCOCCC(=O)OC(C)(C)C)CC2)cc2sccc21)c1cccc(C)c1. The highest BCUT2D eigenvalue weighted by atomic mass is 32.1. The van der Waals surface area contributed by atoms with Crippen LogP contribution in [0.5, 0.6) is 0 Å². The van der Waals surface area contributed by atoms with Crippen LogP contribution in [0.3, 0.4) is 0 Å². The number of rotatable bonds is 25. The summed E-state index contributed by atoms with van der Waals surface area (Å²) in [6, 6.07) is 11.8. The third-order valence-electron chi connectivity index (χ3n) is 10.4. The zero-order valence-electron chi connectivity index (χ0n) is 35.4. The zero-order valence-corrected chi connectivity index (χ0v) is 36.2. The maximum absolute atomic E-state index is 13.7. The number of aryl methyl sites for hydroxylation is 1. The van der Waals surface area contributed by atoms with Gasteiger partial charge >= 0.3 is 5.97 Å². The lowest BCUT2D eigenvalue weighted by Crippen LogP contribution is -2.35. The molecule has 1 aliphatic carbocycles. The van der Waals surface area contributed by atoms with E-state index >= 15 is 0 Å². The van der Waals surface area contributed by atoms with Crippen molar-refractivity contribution in [1.82, 2.24) is 15.2 Å². The Hall–Kier alpha value is -4.07. The number of fused-ring (bicyclic) bond motifs is 1. The van der Waals surface area contributed by atoms with Gasteiger partial charge in [0.1, 0.15) is 12.1 Å². The van der Waals surface area contributed by atoms with Crippen molar-refractivity contribution >= 4 is 56.7 Å². The number of carbonyl (C=O) groups excluding carboxylic acids is 5. The van der Waals surface area contributed by atoms with Crippen molar-refractivity contribution < 1.29 is 38.2 Å². The minimum absolute atomic E-state index is 0.0162. The van der Waals surface area contributed by atoms with Gasteiger partial charge in [-0.2, -0.15) is 0 Å². The average molecular weight is 823 g/mol. The number of ketones is 1. The Balaban J connectivity index is 1.03. The van der Waals surface area contributed by atoms with E-state index in [1.807, 2.05) is 81.0 Å². The fourth-order valence-corrected chi connectivity index (χ4v) is 8.23. The summed E-state index contributed by atoms with van der Waals surface area (Å²) in [7, 11) is 0. The molecule has 320 valence electrons. The fraction of sp³-hybridized carbons (Fsp3) is 0.622. The standard InChI is InChI=1S/C45H66N4O8S/c1-6-48(36-14-12-13-33(2)29-36)42(52)32-49-37-21-28-58-40(37)31-38(49)39(50)30-34-16-18-35(19-17-34)44(54)47-22-11-9-7-8-10-15-41(51)46-23-25-56-27-26-55-24-20-43(53)57-45(3,4)5/h12-14,21,28-29,31,34-35H,6-11,15-20,22-27,30,32H2,1-5H3,(H,46,51)(H,47,54). The van der Waals surface area contributed by atoms with E-state index in [1.54, 1.807) is 16.2 Å². The van der Waals surface area contributed by atoms with Crippen LogP contribution in [-0.4, -0.2) is 85.7 Å². The maximum atomic E-state index is 13.7. The Morgan fingerprint density at radius 2 is 1.57 bits per heavy atom. The molecule has 58 heavy (non-hydrogen) atoms. The first-order valence-electron chi connectivity index (χ1n) is 21.2. The molecule has 1 saturated carbocycles. The van der Waals surface area contributed by atoms with Crippen LogP contribution >= 0.6 is 11.3 Å². The van der Waals surface area contributed by atoms with Gasteiger partial charge in [0.25, 0.3) is 0 Å². The molecule has 1 fully saturated rings. The molecule has 3 aromatic rings. The first-order chi connectivity index (χ1) is 27.8. The predicted octanol–water partition coefficient (Wildman–Crippen LogP) is 7.78. The number of nitrogens with zero attached hydrogens (tertiary/aromatic N) is 2. The Morgan fingerprint density at radius 1 is 0.845 bits per heavy atom. The van der Waals surface area contributed by atoms with E-state index in [2.05, 4.69) is 10.6 Å². The summed E-state index contributed by atoms with van der Waals surface area (Å²) >= 11 is 1.58. The molecule has 0 saturated heterocycles. The third kappa shape index (κ3) is 15.9. The van der Waals surface area contributed by atoms with E-state index in [1.165, 1.54) is 0 Å². The molecule has 13 heteroatoms. The summed E-state index contributed by atoms with van der Waals surface area (Å²) in [6.45, 7) is 12.7. The zero-order chi connectivity index (χ0) is 41.9. The highest BCUT2D eigenvalue weighted by Crippen LogP contribution is 2.33. The van der Waals surface area contributed by atoms with Crippen LogP contribution in [0.4, 0.5) is 5.69 Å². The van der Waals surface area contributed by atoms with Gasteiger partial charge in [-0.05, 0) is 114 Å². The topological polar surface area (TPSA) is 145 Å². The van der Waals surface area contributed by atoms with E-state index in [9.17, 15) is 24.0 Å². The maximum Gasteiger partial charge on any atom is 0.308 e. The smallest absolute Gasteiger partial charge is 0.308 e. The number of aromatic nitrogens is 1. The van der Waals surface area contributed by atoms with Gasteiger partial charge in [0.05, 0.1) is 48.8 Å². The van der Waals surface area contributed by atoms with Crippen LogP contribution in [-0.2, 0) is 39.9 Å². The first-order valence-corrected chi connectivity index (χ1v) is 22.1. The van der Waals surface area contributed by atoms with Crippen molar-refractivity contribution in [2.75, 3.05) is 51.0 Å². The number of nitrogens with one attached hydrogen (secondary N) is 2. The van der Waals surface area contributed by atoms with E-state index in [0.29, 0.717) is 58.0 Å². The van der Waals surface area contributed by atoms with E-state index in [0.717, 1.165) is 79.3 Å². The van der Waals surface area contributed by atoms with Crippen molar-refractivity contribution in [3.8, 4) is 0 Å². The molecule has 3 amide bonds. The van der Waals surface area contributed by atoms with Gasteiger partial charge in [-0.15, -0.1) is 11.3 Å². The molecule has 0 unspecified atom stereocenters. The second-order valence-electron chi connectivity index (χ2n) is 16.3. The number of Topliss-reactive ketones (excluding diaryl/α,β-unsaturated/α-hetero) is 1. The molecule has 12 nitrogen and oxygen atoms in total. The van der Waals surface area contributed by atoms with Crippen molar-refractivity contribution in [1.29, 1.82) is 0 Å². The van der Waals surface area contributed by atoms with Gasteiger partial charge < -0.3 is 34.3 Å². The highest BCUT2D eigenvalue weighted by molar-refractivity contribution is 7.17. The van der Waals surface area contributed by atoms with E-state index in [-0.39, 0.29) is 60.9 Å². The lowest BCUT2D eigenvalue weighted by atomic mass is 9.79. The van der Waals surface area contributed by atoms with Crippen molar-refractivity contribution in [3.05, 3.63) is 53.0 Å². The van der Waals surface area contributed by atoms with Gasteiger partial charge in [-0.25, -0.2) is 0 Å². The monoisotopic (exact) mass is 822 g/mol. The Bertz CT molecular complexity index is 1770. The van der Waals surface area contributed by atoms with Crippen molar-refractivity contribution in [2.45, 2.75) is 124 Å². The summed E-state index contributed by atoms with van der Waals surface area (Å²) in [5, 5.41) is 7.99. The predicted molar refractivity (Wildman–Crippen MR) is 229 cm³/mol. The summed E-state index contributed by atoms with van der Waals surface area (Å²) in [4.78, 5) is 65.8. The van der Waals surface area contributed by atoms with Crippen LogP contribution in [0.15, 0.2) is 41.8 Å². The Kier molecular flexibility index (Phi) is 19.4. The molecular formula is C45H66N4O8S. The van der Waals surface area contributed by atoms with Gasteiger partial charge in [-0.3, -0.25) is 24.0 Å². The van der Waals surface area contributed by atoms with Crippen molar-refractivity contribution in [3.63, 3.8) is 0 Å². The molecule has 1 aliphatic rings. The Morgan fingerprint density at radius 3 is 2.29 bits per heavy atom. The Labute approximate surface area is 348 Å². The molecule has 0 atom stereocenters. The average Bonchev–Trinajstić information content (AvgIpc) is 3.77. The first kappa shape index (κ1) is 46.6. The number of esters is 1. The number of anilines is 1. The summed E-state index contributed by atoms with van der Waals surface area (Å²) < 4.78 is 19.0. The van der Waals surface area contributed by atoms with Crippen molar-refractivity contribution in [2.24, 2.45) is 11.8 Å². The number of unbranched alkanes of at least 4 members (excludes halogenated alkanes) is 4. The van der Waals surface area contributed by atoms with Crippen LogP contribution in [0.1, 0.15) is 121 Å². The number of thiophene rings is 1. The molecule has 2 heterocycles. The fourth-order valence-electron chi connectivity index (χ4n) is 7.41. The molecule has 1 aromatic carbocycles. The molecule has 2 aromatic heterocycles. The minimum Gasteiger partial charge on any atom is -0.460 e.